The van der Waals surface area contributed by atoms with Crippen molar-refractivity contribution in [2.45, 2.75) is 123 Å². The summed E-state index contributed by atoms with van der Waals surface area (Å²) in [6.45, 7) is 9.76. The van der Waals surface area contributed by atoms with Crippen molar-refractivity contribution in [3.63, 3.8) is 0 Å². The number of esters is 1. The summed E-state index contributed by atoms with van der Waals surface area (Å²) in [5, 5.41) is 0. The van der Waals surface area contributed by atoms with Gasteiger partial charge in [-0.3, -0.25) is 4.79 Å². The van der Waals surface area contributed by atoms with Crippen LogP contribution in [0.2, 0.25) is 0 Å². The van der Waals surface area contributed by atoms with E-state index in [-0.39, 0.29) is 18.2 Å². The molecule has 162 valence electrons. The van der Waals surface area contributed by atoms with E-state index in [4.69, 9.17) is 14.2 Å². The fourth-order valence-electron chi connectivity index (χ4n) is 2.98. The van der Waals surface area contributed by atoms with Crippen LogP contribution in [0.15, 0.2) is 0 Å². The SMILES string of the molecule is CCCCCCCCCCCCCCOCC(C)OCC(C)OC(=O)CC. The smallest absolute Gasteiger partial charge is 0.305 e. The molecule has 0 bridgehead atoms. The molecule has 0 spiro atoms. The third kappa shape index (κ3) is 19.9. The van der Waals surface area contributed by atoms with Crippen molar-refractivity contribution in [2.24, 2.45) is 0 Å². The van der Waals surface area contributed by atoms with Gasteiger partial charge in [0.25, 0.3) is 0 Å². The van der Waals surface area contributed by atoms with Crippen molar-refractivity contribution in [2.75, 3.05) is 19.8 Å². The van der Waals surface area contributed by atoms with Crippen LogP contribution < -0.4 is 0 Å². The zero-order chi connectivity index (χ0) is 20.2. The van der Waals surface area contributed by atoms with Crippen LogP contribution >= 0.6 is 0 Å². The van der Waals surface area contributed by atoms with Crippen LogP contribution in [-0.4, -0.2) is 38.0 Å². The molecule has 0 fully saturated rings. The van der Waals surface area contributed by atoms with E-state index in [1.807, 2.05) is 13.8 Å². The minimum atomic E-state index is -0.198. The molecule has 0 N–H and O–H groups in total. The van der Waals surface area contributed by atoms with Gasteiger partial charge in [0.1, 0.15) is 6.10 Å². The minimum Gasteiger partial charge on any atom is -0.460 e. The lowest BCUT2D eigenvalue weighted by Crippen LogP contribution is -2.25. The van der Waals surface area contributed by atoms with E-state index in [1.165, 1.54) is 70.6 Å². The third-order valence-electron chi connectivity index (χ3n) is 4.73. The van der Waals surface area contributed by atoms with Crippen LogP contribution in [-0.2, 0) is 19.0 Å². The van der Waals surface area contributed by atoms with Gasteiger partial charge in [-0.15, -0.1) is 0 Å². The summed E-state index contributed by atoms with van der Waals surface area (Å²) in [6, 6.07) is 0. The predicted octanol–water partition coefficient (Wildman–Crippen LogP) is 6.45. The molecule has 0 saturated carbocycles. The number of carbonyl (C=O) groups excluding carboxylic acids is 1. The molecular weight excluding hydrogens is 340 g/mol. The highest BCUT2D eigenvalue weighted by Crippen LogP contribution is 2.12. The fourth-order valence-corrected chi connectivity index (χ4v) is 2.98. The molecule has 0 aliphatic carbocycles. The van der Waals surface area contributed by atoms with E-state index in [1.54, 1.807) is 6.92 Å². The summed E-state index contributed by atoms with van der Waals surface area (Å²) < 4.78 is 16.5. The Labute approximate surface area is 168 Å². The second-order valence-corrected chi connectivity index (χ2v) is 7.76. The summed E-state index contributed by atoms with van der Waals surface area (Å²) in [5.41, 5.74) is 0. The second kappa shape index (κ2) is 20.1. The maximum absolute atomic E-state index is 11.2. The van der Waals surface area contributed by atoms with Gasteiger partial charge in [-0.25, -0.2) is 0 Å². The molecule has 0 aliphatic heterocycles. The molecule has 4 nitrogen and oxygen atoms in total. The number of hydrogen-bond acceptors (Lipinski definition) is 4. The monoisotopic (exact) mass is 386 g/mol. The van der Waals surface area contributed by atoms with Crippen LogP contribution in [0.1, 0.15) is 111 Å². The number of carbonyl (C=O) groups is 1. The van der Waals surface area contributed by atoms with Crippen LogP contribution in [0, 0.1) is 0 Å². The molecule has 0 saturated heterocycles. The van der Waals surface area contributed by atoms with E-state index in [2.05, 4.69) is 6.92 Å². The second-order valence-electron chi connectivity index (χ2n) is 7.76. The van der Waals surface area contributed by atoms with Gasteiger partial charge in [-0.05, 0) is 20.3 Å². The summed E-state index contributed by atoms with van der Waals surface area (Å²) in [5.74, 6) is -0.179. The van der Waals surface area contributed by atoms with Crippen molar-refractivity contribution in [3.8, 4) is 0 Å². The molecule has 0 radical (unpaired) electrons. The highest BCUT2D eigenvalue weighted by molar-refractivity contribution is 5.69. The zero-order valence-corrected chi connectivity index (χ0v) is 18.6. The van der Waals surface area contributed by atoms with Gasteiger partial charge in [-0.1, -0.05) is 84.5 Å². The van der Waals surface area contributed by atoms with E-state index < -0.39 is 0 Å². The van der Waals surface area contributed by atoms with Crippen LogP contribution in [0.25, 0.3) is 0 Å². The molecule has 0 rings (SSSR count). The summed E-state index contributed by atoms with van der Waals surface area (Å²) >= 11 is 0. The summed E-state index contributed by atoms with van der Waals surface area (Å²) in [4.78, 5) is 11.2. The Balaban J connectivity index is 3.26. The van der Waals surface area contributed by atoms with Gasteiger partial charge < -0.3 is 14.2 Å². The maximum Gasteiger partial charge on any atom is 0.305 e. The molecule has 4 heteroatoms. The van der Waals surface area contributed by atoms with Crippen molar-refractivity contribution in [1.29, 1.82) is 0 Å². The lowest BCUT2D eigenvalue weighted by atomic mass is 10.1. The number of hydrogen-bond donors (Lipinski definition) is 0. The van der Waals surface area contributed by atoms with Crippen molar-refractivity contribution >= 4 is 5.97 Å². The Morgan fingerprint density at radius 1 is 0.704 bits per heavy atom. The van der Waals surface area contributed by atoms with Crippen molar-refractivity contribution < 1.29 is 19.0 Å². The highest BCUT2D eigenvalue weighted by Gasteiger charge is 2.10. The quantitative estimate of drug-likeness (QED) is 0.178. The van der Waals surface area contributed by atoms with Crippen LogP contribution in [0.4, 0.5) is 0 Å². The molecule has 2 atom stereocenters. The van der Waals surface area contributed by atoms with E-state index in [9.17, 15) is 4.79 Å². The van der Waals surface area contributed by atoms with Gasteiger partial charge in [-0.2, -0.15) is 0 Å². The Kier molecular flexibility index (Phi) is 19.7. The number of ether oxygens (including phenoxy) is 3. The average molecular weight is 387 g/mol. The molecule has 0 aromatic carbocycles. The summed E-state index contributed by atoms with van der Waals surface area (Å²) in [7, 11) is 0. The average Bonchev–Trinajstić information content (AvgIpc) is 2.66. The first-order chi connectivity index (χ1) is 13.1. The van der Waals surface area contributed by atoms with E-state index in [0.717, 1.165) is 13.0 Å². The number of rotatable bonds is 20. The van der Waals surface area contributed by atoms with Gasteiger partial charge in [0.2, 0.25) is 0 Å². The van der Waals surface area contributed by atoms with Crippen molar-refractivity contribution in [3.05, 3.63) is 0 Å². The largest absolute Gasteiger partial charge is 0.460 e. The fraction of sp³-hybridized carbons (Fsp3) is 0.957. The molecule has 0 amide bonds. The van der Waals surface area contributed by atoms with Crippen molar-refractivity contribution in [1.82, 2.24) is 0 Å². The predicted molar refractivity (Wildman–Crippen MR) is 113 cm³/mol. The topological polar surface area (TPSA) is 44.8 Å². The van der Waals surface area contributed by atoms with E-state index >= 15 is 0 Å². The zero-order valence-electron chi connectivity index (χ0n) is 18.6. The first-order valence-corrected chi connectivity index (χ1v) is 11.5. The van der Waals surface area contributed by atoms with Gasteiger partial charge >= 0.3 is 5.97 Å². The molecule has 0 heterocycles. The lowest BCUT2D eigenvalue weighted by Gasteiger charge is -2.17. The van der Waals surface area contributed by atoms with Gasteiger partial charge in [0.15, 0.2) is 0 Å². The Morgan fingerprint density at radius 2 is 1.22 bits per heavy atom. The maximum atomic E-state index is 11.2. The molecular formula is C23H46O4. The number of unbranched alkanes of at least 4 members (excludes halogenated alkanes) is 11. The Bertz CT molecular complexity index is 320. The lowest BCUT2D eigenvalue weighted by molar-refractivity contribution is -0.152. The van der Waals surface area contributed by atoms with Crippen LogP contribution in [0.5, 0.6) is 0 Å². The standard InChI is InChI=1S/C23H46O4/c1-5-7-8-9-10-11-12-13-14-15-16-17-18-25-19-21(3)26-20-22(4)27-23(24)6-2/h21-22H,5-20H2,1-4H3. The van der Waals surface area contributed by atoms with Gasteiger partial charge in [0.05, 0.1) is 19.3 Å². The van der Waals surface area contributed by atoms with Crippen LogP contribution in [0.3, 0.4) is 0 Å². The first-order valence-electron chi connectivity index (χ1n) is 11.5. The summed E-state index contributed by atoms with van der Waals surface area (Å²) in [6.07, 6.45) is 16.5. The molecule has 27 heavy (non-hydrogen) atoms. The minimum absolute atomic E-state index is 0.0325. The Hall–Kier alpha value is -0.610. The molecule has 0 aliphatic rings. The molecule has 2 unspecified atom stereocenters. The first kappa shape index (κ1) is 26.4. The van der Waals surface area contributed by atoms with E-state index in [0.29, 0.717) is 19.6 Å². The molecule has 0 aromatic rings. The highest BCUT2D eigenvalue weighted by atomic mass is 16.6. The Morgan fingerprint density at radius 3 is 1.74 bits per heavy atom. The molecule has 0 aromatic heterocycles. The van der Waals surface area contributed by atoms with Gasteiger partial charge in [0, 0.05) is 13.0 Å². The normalized spacial score (nSPS) is 13.5. The third-order valence-corrected chi connectivity index (χ3v) is 4.73.